The average Bonchev–Trinajstić information content (AvgIpc) is 3.00. The number of allylic oxidation sites excluding steroid dienone is 2. The van der Waals surface area contributed by atoms with Gasteiger partial charge in [0, 0.05) is 39.3 Å². The lowest BCUT2D eigenvalue weighted by atomic mass is 9.68. The molecule has 3 atom stereocenters. The van der Waals surface area contributed by atoms with Crippen LogP contribution in [-0.4, -0.2) is 47.4 Å². The molecule has 0 saturated heterocycles. The van der Waals surface area contributed by atoms with Crippen molar-refractivity contribution in [3.63, 3.8) is 0 Å². The molecular formula is C31H25BrN2O9. The standard InChI is InChI=1S/C31H25BrN2O9/c1-3-41-29(37)25-23(17-8-7-9-20(16-17)34(39)40)24-26(35)21-10-5-6-11-22(21)27(36)28(24)43-31(25,30(38)42-4-2)33-19-14-12-18(32)13-15-19/h5-16,23,25,33H,3-4H2,1-2H3/t23-,25-,31+/m1/s1. The quantitative estimate of drug-likeness (QED) is 0.192. The van der Waals surface area contributed by atoms with Crippen LogP contribution in [0.1, 0.15) is 46.0 Å². The minimum absolute atomic E-state index is 0.0417. The summed E-state index contributed by atoms with van der Waals surface area (Å²) in [6, 6.07) is 18.0. The largest absolute Gasteiger partial charge is 0.466 e. The number of carbonyl (C=O) groups excluding carboxylic acids is 4. The molecule has 3 aromatic rings. The van der Waals surface area contributed by atoms with E-state index in [1.54, 1.807) is 50.2 Å². The van der Waals surface area contributed by atoms with E-state index in [1.807, 2.05) is 0 Å². The van der Waals surface area contributed by atoms with E-state index in [9.17, 15) is 29.3 Å². The predicted molar refractivity (Wildman–Crippen MR) is 156 cm³/mol. The van der Waals surface area contributed by atoms with Gasteiger partial charge in [0.25, 0.3) is 11.4 Å². The lowest BCUT2D eigenvalue weighted by Gasteiger charge is -2.46. The van der Waals surface area contributed by atoms with Gasteiger partial charge in [0.2, 0.25) is 5.78 Å². The number of ketones is 2. The first kappa shape index (κ1) is 29.6. The van der Waals surface area contributed by atoms with E-state index < -0.39 is 51.7 Å². The Kier molecular flexibility index (Phi) is 8.14. The van der Waals surface area contributed by atoms with E-state index >= 15 is 0 Å². The summed E-state index contributed by atoms with van der Waals surface area (Å²) in [5, 5.41) is 14.7. The molecule has 0 fully saturated rings. The van der Waals surface area contributed by atoms with Crippen molar-refractivity contribution >= 4 is 50.8 Å². The normalized spacial score (nSPS) is 20.8. The second-order valence-electron chi connectivity index (χ2n) is 9.70. The fourth-order valence-electron chi connectivity index (χ4n) is 5.42. The molecule has 1 aliphatic carbocycles. The molecule has 5 rings (SSSR count). The molecule has 12 heteroatoms. The summed E-state index contributed by atoms with van der Waals surface area (Å²) in [6.45, 7) is 2.90. The molecule has 1 aliphatic heterocycles. The van der Waals surface area contributed by atoms with Crippen LogP contribution in [0.25, 0.3) is 0 Å². The molecule has 0 spiro atoms. The number of carbonyl (C=O) groups is 4. The number of halogens is 1. The van der Waals surface area contributed by atoms with Crippen molar-refractivity contribution in [1.82, 2.24) is 0 Å². The van der Waals surface area contributed by atoms with Crippen molar-refractivity contribution in [1.29, 1.82) is 0 Å². The van der Waals surface area contributed by atoms with Gasteiger partial charge in [0.05, 0.1) is 23.7 Å². The van der Waals surface area contributed by atoms with Crippen LogP contribution in [0.4, 0.5) is 11.4 Å². The fraction of sp³-hybridized carbons (Fsp3) is 0.226. The summed E-state index contributed by atoms with van der Waals surface area (Å²) in [5.74, 6) is -6.90. The highest BCUT2D eigenvalue weighted by molar-refractivity contribution is 9.10. The highest BCUT2D eigenvalue weighted by Crippen LogP contribution is 2.51. The molecule has 1 N–H and O–H groups in total. The summed E-state index contributed by atoms with van der Waals surface area (Å²) in [6.07, 6.45) is 0. The minimum atomic E-state index is -2.44. The third-order valence-electron chi connectivity index (χ3n) is 7.19. The minimum Gasteiger partial charge on any atom is -0.466 e. The van der Waals surface area contributed by atoms with Gasteiger partial charge in [-0.2, -0.15) is 0 Å². The number of nitrogens with one attached hydrogen (secondary N) is 1. The Balaban J connectivity index is 1.86. The smallest absolute Gasteiger partial charge is 0.373 e. The Bertz CT molecular complexity index is 1680. The highest BCUT2D eigenvalue weighted by Gasteiger charge is 2.64. The molecular weight excluding hydrogens is 624 g/mol. The van der Waals surface area contributed by atoms with Gasteiger partial charge in [-0.3, -0.25) is 24.5 Å². The summed E-state index contributed by atoms with van der Waals surface area (Å²) in [7, 11) is 0. The third-order valence-corrected chi connectivity index (χ3v) is 7.72. The number of rotatable bonds is 8. The van der Waals surface area contributed by atoms with Crippen molar-refractivity contribution in [2.24, 2.45) is 5.92 Å². The van der Waals surface area contributed by atoms with Crippen LogP contribution < -0.4 is 5.32 Å². The van der Waals surface area contributed by atoms with Gasteiger partial charge in [-0.15, -0.1) is 0 Å². The van der Waals surface area contributed by atoms with Crippen molar-refractivity contribution in [3.8, 4) is 0 Å². The zero-order chi connectivity index (χ0) is 30.9. The number of nitrogens with zero attached hydrogens (tertiary/aromatic N) is 1. The Morgan fingerprint density at radius 2 is 1.60 bits per heavy atom. The van der Waals surface area contributed by atoms with Crippen LogP contribution in [-0.2, 0) is 23.8 Å². The van der Waals surface area contributed by atoms with Crippen LogP contribution in [0.3, 0.4) is 0 Å². The van der Waals surface area contributed by atoms with Gasteiger partial charge in [-0.25, -0.2) is 4.79 Å². The number of Topliss-reactive ketones (excluding diaryl/α,β-unsaturated/α-hetero) is 2. The van der Waals surface area contributed by atoms with Gasteiger partial charge in [-0.1, -0.05) is 52.3 Å². The lowest BCUT2D eigenvalue weighted by Crippen LogP contribution is -2.63. The number of benzene rings is 3. The number of ether oxygens (including phenoxy) is 3. The lowest BCUT2D eigenvalue weighted by molar-refractivity contribution is -0.384. The number of anilines is 1. The fourth-order valence-corrected chi connectivity index (χ4v) is 5.68. The van der Waals surface area contributed by atoms with Crippen molar-refractivity contribution in [2.45, 2.75) is 25.5 Å². The molecule has 11 nitrogen and oxygen atoms in total. The molecule has 0 bridgehead atoms. The van der Waals surface area contributed by atoms with Crippen molar-refractivity contribution in [2.75, 3.05) is 18.5 Å². The van der Waals surface area contributed by atoms with Gasteiger partial charge in [0.1, 0.15) is 5.92 Å². The number of nitro groups is 1. The Labute approximate surface area is 254 Å². The molecule has 0 unspecified atom stereocenters. The van der Waals surface area contributed by atoms with Crippen molar-refractivity contribution in [3.05, 3.63) is 115 Å². The first-order valence-electron chi connectivity index (χ1n) is 13.4. The van der Waals surface area contributed by atoms with E-state index in [0.29, 0.717) is 5.69 Å². The average molecular weight is 649 g/mol. The van der Waals surface area contributed by atoms with Crippen LogP contribution in [0.15, 0.2) is 88.6 Å². The van der Waals surface area contributed by atoms with E-state index in [-0.39, 0.29) is 41.2 Å². The van der Waals surface area contributed by atoms with Gasteiger partial charge >= 0.3 is 11.9 Å². The van der Waals surface area contributed by atoms with Crippen LogP contribution >= 0.6 is 15.9 Å². The van der Waals surface area contributed by atoms with Gasteiger partial charge in [-0.05, 0) is 43.7 Å². The number of hydrogen-bond donors (Lipinski definition) is 1. The Morgan fingerprint density at radius 3 is 2.23 bits per heavy atom. The predicted octanol–water partition coefficient (Wildman–Crippen LogP) is 5.36. The zero-order valence-corrected chi connectivity index (χ0v) is 24.6. The SMILES string of the molecule is CCOC(=O)[C@H]1[C@H](c2cccc([N+](=O)[O-])c2)C2=C(O[C@]1(Nc1ccc(Br)cc1)C(=O)OCC)C(=O)c1ccccc1C2=O. The molecule has 220 valence electrons. The van der Waals surface area contributed by atoms with E-state index in [0.717, 1.165) is 4.47 Å². The molecule has 1 heterocycles. The molecule has 3 aromatic carbocycles. The first-order chi connectivity index (χ1) is 20.6. The van der Waals surface area contributed by atoms with Crippen LogP contribution in [0.2, 0.25) is 0 Å². The van der Waals surface area contributed by atoms with Gasteiger partial charge < -0.3 is 19.5 Å². The summed E-state index contributed by atoms with van der Waals surface area (Å²) in [5.41, 5.74) is -2.45. The number of fused-ring (bicyclic) bond motifs is 1. The molecule has 0 aromatic heterocycles. The van der Waals surface area contributed by atoms with E-state index in [2.05, 4.69) is 21.2 Å². The number of nitro benzene ring substituents is 1. The van der Waals surface area contributed by atoms with Crippen LogP contribution in [0, 0.1) is 16.0 Å². The summed E-state index contributed by atoms with van der Waals surface area (Å²) >= 11 is 3.36. The summed E-state index contributed by atoms with van der Waals surface area (Å²) < 4.78 is 17.8. The highest BCUT2D eigenvalue weighted by atomic mass is 79.9. The first-order valence-corrected chi connectivity index (χ1v) is 14.2. The third kappa shape index (κ3) is 5.18. The second kappa shape index (κ2) is 11.8. The molecule has 43 heavy (non-hydrogen) atoms. The van der Waals surface area contributed by atoms with Crippen LogP contribution in [0.5, 0.6) is 0 Å². The Morgan fingerprint density at radius 1 is 0.953 bits per heavy atom. The molecule has 0 amide bonds. The molecule has 0 radical (unpaired) electrons. The van der Waals surface area contributed by atoms with E-state index in [4.69, 9.17) is 14.2 Å². The zero-order valence-electron chi connectivity index (χ0n) is 23.0. The van der Waals surface area contributed by atoms with E-state index in [1.165, 1.54) is 36.4 Å². The topological polar surface area (TPSA) is 151 Å². The monoisotopic (exact) mass is 648 g/mol. The summed E-state index contributed by atoms with van der Waals surface area (Å²) in [4.78, 5) is 67.2. The Hall–Kier alpha value is -4.84. The molecule has 2 aliphatic rings. The van der Waals surface area contributed by atoms with Gasteiger partial charge in [0.15, 0.2) is 11.5 Å². The number of esters is 2. The number of hydrogen-bond acceptors (Lipinski definition) is 10. The maximum atomic E-state index is 14.1. The van der Waals surface area contributed by atoms with Crippen molar-refractivity contribution < 1.29 is 38.3 Å². The maximum absolute atomic E-state index is 14.1. The maximum Gasteiger partial charge on any atom is 0.373 e. The second-order valence-corrected chi connectivity index (χ2v) is 10.6. The molecule has 0 saturated carbocycles. The number of non-ortho nitro benzene ring substituents is 1.